The Bertz CT molecular complexity index is 400. The molecule has 1 aromatic rings. The Labute approximate surface area is 106 Å². The molecule has 0 saturated carbocycles. The van der Waals surface area contributed by atoms with Crippen LogP contribution in [0.25, 0.3) is 0 Å². The Kier molecular flexibility index (Phi) is 3.95. The maximum absolute atomic E-state index is 12.9. The fourth-order valence-electron chi connectivity index (χ4n) is 2.72. The van der Waals surface area contributed by atoms with Crippen LogP contribution in [-0.4, -0.2) is 24.5 Å². The van der Waals surface area contributed by atoms with Crippen LogP contribution in [0, 0.1) is 0 Å². The summed E-state index contributed by atoms with van der Waals surface area (Å²) in [6.07, 6.45) is -2.37. The van der Waals surface area contributed by atoms with E-state index in [0.717, 1.165) is 32.5 Å². The summed E-state index contributed by atoms with van der Waals surface area (Å²) < 4.78 is 38.8. The zero-order valence-electron chi connectivity index (χ0n) is 10.5. The third-order valence-corrected chi connectivity index (χ3v) is 3.52. The highest BCUT2D eigenvalue weighted by atomic mass is 19.4. The molecule has 1 atom stereocenters. The van der Waals surface area contributed by atoms with Crippen molar-refractivity contribution in [2.75, 3.05) is 19.6 Å². The number of nitrogens with zero attached hydrogens (tertiary/aromatic N) is 1. The smallest absolute Gasteiger partial charge is 0.303 e. The first-order chi connectivity index (χ1) is 8.52. The summed E-state index contributed by atoms with van der Waals surface area (Å²) in [7, 11) is 0. The maximum atomic E-state index is 12.9. The average Bonchev–Trinajstić information content (AvgIpc) is 2.77. The third-order valence-electron chi connectivity index (χ3n) is 3.52. The lowest BCUT2D eigenvalue weighted by Gasteiger charge is -2.18. The molecule has 1 aliphatic rings. The van der Waals surface area contributed by atoms with Gasteiger partial charge in [-0.2, -0.15) is 13.2 Å². The zero-order valence-corrected chi connectivity index (χ0v) is 10.5. The molecule has 0 N–H and O–H groups in total. The Morgan fingerprint density at radius 1 is 1.28 bits per heavy atom. The molecule has 1 nitrogen and oxygen atoms in total. The maximum Gasteiger partial charge on any atom is 0.416 e. The monoisotopic (exact) mass is 257 g/mol. The van der Waals surface area contributed by atoms with Crippen LogP contribution in [0.4, 0.5) is 13.2 Å². The summed E-state index contributed by atoms with van der Waals surface area (Å²) in [6.45, 7) is 4.73. The van der Waals surface area contributed by atoms with Gasteiger partial charge in [0.05, 0.1) is 5.56 Å². The summed E-state index contributed by atoms with van der Waals surface area (Å²) in [6, 6.07) is 5.99. The molecule has 1 unspecified atom stereocenters. The van der Waals surface area contributed by atoms with Gasteiger partial charge in [0.1, 0.15) is 0 Å². The highest BCUT2D eigenvalue weighted by Gasteiger charge is 2.36. The molecule has 0 amide bonds. The van der Waals surface area contributed by atoms with E-state index in [1.54, 1.807) is 12.1 Å². The summed E-state index contributed by atoms with van der Waals surface area (Å²) in [4.78, 5) is 2.25. The lowest BCUT2D eigenvalue weighted by molar-refractivity contribution is -0.138. The van der Waals surface area contributed by atoms with E-state index in [-0.39, 0.29) is 5.92 Å². The van der Waals surface area contributed by atoms with Crippen molar-refractivity contribution in [3.8, 4) is 0 Å². The highest BCUT2D eigenvalue weighted by Crippen LogP contribution is 2.38. The van der Waals surface area contributed by atoms with Gasteiger partial charge >= 0.3 is 6.18 Å². The SMILES string of the molecule is CCCN1CCC(c2ccccc2C(F)(F)F)C1. The largest absolute Gasteiger partial charge is 0.416 e. The van der Waals surface area contributed by atoms with Crippen molar-refractivity contribution in [3.05, 3.63) is 35.4 Å². The van der Waals surface area contributed by atoms with Crippen molar-refractivity contribution >= 4 is 0 Å². The fraction of sp³-hybridized carbons (Fsp3) is 0.571. The first-order valence-electron chi connectivity index (χ1n) is 6.41. The standard InChI is InChI=1S/C14H18F3N/c1-2-8-18-9-7-11(10-18)12-5-3-4-6-13(12)14(15,16)17/h3-6,11H,2,7-10H2,1H3. The lowest BCUT2D eigenvalue weighted by Crippen LogP contribution is -2.21. The Morgan fingerprint density at radius 3 is 2.67 bits per heavy atom. The number of halogens is 3. The van der Waals surface area contributed by atoms with Gasteiger partial charge < -0.3 is 4.90 Å². The van der Waals surface area contributed by atoms with Gasteiger partial charge in [-0.15, -0.1) is 0 Å². The normalized spacial score (nSPS) is 21.4. The van der Waals surface area contributed by atoms with Gasteiger partial charge in [0.25, 0.3) is 0 Å². The summed E-state index contributed by atoms with van der Waals surface area (Å²) in [5, 5.41) is 0. The van der Waals surface area contributed by atoms with Crippen molar-refractivity contribution in [2.45, 2.75) is 31.9 Å². The van der Waals surface area contributed by atoms with E-state index in [9.17, 15) is 13.2 Å². The molecule has 0 aliphatic carbocycles. The quantitative estimate of drug-likeness (QED) is 0.793. The molecule has 1 fully saturated rings. The lowest BCUT2D eigenvalue weighted by atomic mass is 9.93. The number of hydrogen-bond acceptors (Lipinski definition) is 1. The van der Waals surface area contributed by atoms with Crippen LogP contribution in [0.2, 0.25) is 0 Å². The predicted molar refractivity (Wildman–Crippen MR) is 65.5 cm³/mol. The minimum atomic E-state index is -4.24. The minimum absolute atomic E-state index is 0.0226. The van der Waals surface area contributed by atoms with E-state index >= 15 is 0 Å². The zero-order chi connectivity index (χ0) is 13.2. The van der Waals surface area contributed by atoms with Gasteiger partial charge in [0, 0.05) is 6.54 Å². The number of benzene rings is 1. The molecule has 1 heterocycles. The van der Waals surface area contributed by atoms with E-state index in [1.165, 1.54) is 12.1 Å². The Balaban J connectivity index is 2.19. The van der Waals surface area contributed by atoms with E-state index < -0.39 is 11.7 Å². The van der Waals surface area contributed by atoms with Gasteiger partial charge in [-0.1, -0.05) is 25.1 Å². The van der Waals surface area contributed by atoms with Crippen LogP contribution < -0.4 is 0 Å². The number of likely N-dealkylation sites (tertiary alicyclic amines) is 1. The molecule has 18 heavy (non-hydrogen) atoms. The number of rotatable bonds is 3. The van der Waals surface area contributed by atoms with Crippen LogP contribution in [0.5, 0.6) is 0 Å². The van der Waals surface area contributed by atoms with E-state index in [0.29, 0.717) is 5.56 Å². The Hall–Kier alpha value is -1.03. The summed E-state index contributed by atoms with van der Waals surface area (Å²) in [5.74, 6) is 0.0226. The second kappa shape index (κ2) is 5.31. The number of hydrogen-bond donors (Lipinski definition) is 0. The summed E-state index contributed by atoms with van der Waals surface area (Å²) >= 11 is 0. The first-order valence-corrected chi connectivity index (χ1v) is 6.41. The first kappa shape index (κ1) is 13.4. The van der Waals surface area contributed by atoms with Gasteiger partial charge in [-0.25, -0.2) is 0 Å². The third kappa shape index (κ3) is 2.86. The molecule has 0 bridgehead atoms. The fourth-order valence-corrected chi connectivity index (χ4v) is 2.72. The van der Waals surface area contributed by atoms with Gasteiger partial charge in [-0.3, -0.25) is 0 Å². The van der Waals surface area contributed by atoms with Gasteiger partial charge in [-0.05, 0) is 43.5 Å². The van der Waals surface area contributed by atoms with Crippen molar-refractivity contribution in [1.82, 2.24) is 4.90 Å². The van der Waals surface area contributed by atoms with Crippen LogP contribution >= 0.6 is 0 Å². The topological polar surface area (TPSA) is 3.24 Å². The van der Waals surface area contributed by atoms with Crippen LogP contribution in [0.3, 0.4) is 0 Å². The molecular weight excluding hydrogens is 239 g/mol. The Morgan fingerprint density at radius 2 is 2.00 bits per heavy atom. The highest BCUT2D eigenvalue weighted by molar-refractivity contribution is 5.33. The summed E-state index contributed by atoms with van der Waals surface area (Å²) in [5.41, 5.74) is -0.00282. The average molecular weight is 257 g/mol. The molecule has 0 spiro atoms. The van der Waals surface area contributed by atoms with E-state index in [1.807, 2.05) is 0 Å². The second-order valence-corrected chi connectivity index (χ2v) is 4.87. The van der Waals surface area contributed by atoms with E-state index in [4.69, 9.17) is 0 Å². The predicted octanol–water partition coefficient (Wildman–Crippen LogP) is 3.90. The molecular formula is C14H18F3N. The van der Waals surface area contributed by atoms with Crippen LogP contribution in [0.1, 0.15) is 36.8 Å². The number of alkyl halides is 3. The van der Waals surface area contributed by atoms with E-state index in [2.05, 4.69) is 11.8 Å². The van der Waals surface area contributed by atoms with Crippen molar-refractivity contribution in [3.63, 3.8) is 0 Å². The molecule has 1 aromatic carbocycles. The molecule has 1 aliphatic heterocycles. The van der Waals surface area contributed by atoms with Gasteiger partial charge in [0.15, 0.2) is 0 Å². The molecule has 100 valence electrons. The molecule has 0 radical (unpaired) electrons. The van der Waals surface area contributed by atoms with Crippen molar-refractivity contribution < 1.29 is 13.2 Å². The molecule has 2 rings (SSSR count). The van der Waals surface area contributed by atoms with Crippen molar-refractivity contribution in [1.29, 1.82) is 0 Å². The molecule has 0 aromatic heterocycles. The van der Waals surface area contributed by atoms with Crippen LogP contribution in [0.15, 0.2) is 24.3 Å². The molecule has 1 saturated heterocycles. The van der Waals surface area contributed by atoms with Crippen LogP contribution in [-0.2, 0) is 6.18 Å². The second-order valence-electron chi connectivity index (χ2n) is 4.87. The minimum Gasteiger partial charge on any atom is -0.303 e. The van der Waals surface area contributed by atoms with Crippen molar-refractivity contribution in [2.24, 2.45) is 0 Å². The molecule has 4 heteroatoms. The van der Waals surface area contributed by atoms with Gasteiger partial charge in [0.2, 0.25) is 0 Å².